The Morgan fingerprint density at radius 2 is 2.03 bits per heavy atom. The lowest BCUT2D eigenvalue weighted by Crippen LogP contribution is -2.45. The van der Waals surface area contributed by atoms with Gasteiger partial charge in [-0.1, -0.05) is 12.5 Å². The van der Waals surface area contributed by atoms with Crippen molar-refractivity contribution >= 4 is 27.3 Å². The minimum Gasteiger partial charge on any atom is -0.351 e. The van der Waals surface area contributed by atoms with Gasteiger partial charge in [-0.3, -0.25) is 9.48 Å². The van der Waals surface area contributed by atoms with E-state index in [1.54, 1.807) is 47.1 Å². The molecule has 0 unspecified atom stereocenters. The molecule has 7 nitrogen and oxygen atoms in total. The van der Waals surface area contributed by atoms with Crippen LogP contribution in [0.25, 0.3) is 11.3 Å². The number of nitrogens with zero attached hydrogens (tertiary/aromatic N) is 3. The molecule has 1 saturated heterocycles. The van der Waals surface area contributed by atoms with Crippen molar-refractivity contribution in [3.05, 3.63) is 59.4 Å². The highest BCUT2D eigenvalue weighted by molar-refractivity contribution is 7.91. The van der Waals surface area contributed by atoms with Crippen molar-refractivity contribution in [1.82, 2.24) is 19.4 Å². The standard InChI is InChI=1S/C22H25FN4O3S2/c1-26-20(15-19(25-26)16-7-9-17(23)10-8-16)22(28)24-12-11-18-5-2-3-13-27(18)32(29,30)21-6-4-14-31-21/h4,6-10,14-15,18H,2-3,5,11-13H2,1H3,(H,24,28)/t18-/m0/s1. The zero-order chi connectivity index (χ0) is 22.7. The van der Waals surface area contributed by atoms with Crippen LogP contribution in [-0.2, 0) is 17.1 Å². The Balaban J connectivity index is 1.39. The third kappa shape index (κ3) is 4.77. The Kier molecular flexibility index (Phi) is 6.73. The number of rotatable bonds is 7. The number of piperidine rings is 1. The van der Waals surface area contributed by atoms with Gasteiger partial charge >= 0.3 is 0 Å². The Morgan fingerprint density at radius 3 is 2.75 bits per heavy atom. The maximum absolute atomic E-state index is 13.2. The van der Waals surface area contributed by atoms with E-state index in [1.807, 2.05) is 0 Å². The van der Waals surface area contributed by atoms with Gasteiger partial charge in [0.2, 0.25) is 0 Å². The van der Waals surface area contributed by atoms with Gasteiger partial charge in [0, 0.05) is 31.7 Å². The fourth-order valence-electron chi connectivity index (χ4n) is 3.99. The third-order valence-corrected chi connectivity index (χ3v) is 8.97. The van der Waals surface area contributed by atoms with E-state index in [2.05, 4.69) is 10.4 Å². The normalized spacial score (nSPS) is 17.4. The molecule has 0 spiro atoms. The van der Waals surface area contributed by atoms with Crippen LogP contribution in [0.1, 0.15) is 36.2 Å². The molecular formula is C22H25FN4O3S2. The summed E-state index contributed by atoms with van der Waals surface area (Å²) in [4.78, 5) is 12.7. The average Bonchev–Trinajstić information content (AvgIpc) is 3.45. The molecule has 1 aliphatic heterocycles. The number of amides is 1. The largest absolute Gasteiger partial charge is 0.351 e. The molecule has 10 heteroatoms. The first kappa shape index (κ1) is 22.6. The molecule has 2 aromatic heterocycles. The highest BCUT2D eigenvalue weighted by atomic mass is 32.2. The molecule has 170 valence electrons. The van der Waals surface area contributed by atoms with Crippen LogP contribution in [-0.4, -0.2) is 47.5 Å². The molecule has 1 N–H and O–H groups in total. The lowest BCUT2D eigenvalue weighted by atomic mass is 10.0. The first-order valence-corrected chi connectivity index (χ1v) is 12.8. The predicted octanol–water partition coefficient (Wildman–Crippen LogP) is 3.65. The molecule has 4 rings (SSSR count). The number of halogens is 1. The van der Waals surface area contributed by atoms with Crippen molar-refractivity contribution < 1.29 is 17.6 Å². The van der Waals surface area contributed by atoms with Gasteiger partial charge in [0.25, 0.3) is 15.9 Å². The van der Waals surface area contributed by atoms with Gasteiger partial charge in [0.05, 0.1) is 5.69 Å². The van der Waals surface area contributed by atoms with E-state index in [1.165, 1.54) is 28.2 Å². The first-order chi connectivity index (χ1) is 15.4. The molecule has 3 heterocycles. The van der Waals surface area contributed by atoms with Crippen LogP contribution in [0.15, 0.2) is 52.1 Å². The zero-order valence-corrected chi connectivity index (χ0v) is 19.3. The second-order valence-corrected chi connectivity index (χ2v) is 10.9. The summed E-state index contributed by atoms with van der Waals surface area (Å²) in [6.45, 7) is 0.860. The SMILES string of the molecule is Cn1nc(-c2ccc(F)cc2)cc1C(=O)NCC[C@@H]1CCCCN1S(=O)(=O)c1cccs1. The van der Waals surface area contributed by atoms with Gasteiger partial charge in [0.15, 0.2) is 0 Å². The Morgan fingerprint density at radius 1 is 1.25 bits per heavy atom. The van der Waals surface area contributed by atoms with Crippen LogP contribution in [0.4, 0.5) is 4.39 Å². The van der Waals surface area contributed by atoms with Crippen molar-refractivity contribution in [3.63, 3.8) is 0 Å². The second kappa shape index (κ2) is 9.51. The molecule has 1 atom stereocenters. The molecule has 1 fully saturated rings. The van der Waals surface area contributed by atoms with Crippen molar-refractivity contribution in [1.29, 1.82) is 0 Å². The number of thiophene rings is 1. The monoisotopic (exact) mass is 476 g/mol. The summed E-state index contributed by atoms with van der Waals surface area (Å²) < 4.78 is 42.6. The van der Waals surface area contributed by atoms with Gasteiger partial charge in [0.1, 0.15) is 15.7 Å². The molecular weight excluding hydrogens is 451 g/mol. The summed E-state index contributed by atoms with van der Waals surface area (Å²) in [5.41, 5.74) is 1.69. The van der Waals surface area contributed by atoms with E-state index in [0.717, 1.165) is 24.8 Å². The van der Waals surface area contributed by atoms with Crippen LogP contribution < -0.4 is 5.32 Å². The van der Waals surface area contributed by atoms with E-state index >= 15 is 0 Å². The zero-order valence-electron chi connectivity index (χ0n) is 17.7. The predicted molar refractivity (Wildman–Crippen MR) is 121 cm³/mol. The molecule has 0 radical (unpaired) electrons. The maximum atomic E-state index is 13.2. The summed E-state index contributed by atoms with van der Waals surface area (Å²) in [6, 6.07) is 10.8. The van der Waals surface area contributed by atoms with E-state index in [4.69, 9.17) is 0 Å². The van der Waals surface area contributed by atoms with Crippen LogP contribution in [0.3, 0.4) is 0 Å². The highest BCUT2D eigenvalue weighted by Crippen LogP contribution is 2.29. The van der Waals surface area contributed by atoms with E-state index in [-0.39, 0.29) is 17.8 Å². The van der Waals surface area contributed by atoms with Crippen molar-refractivity contribution in [2.24, 2.45) is 7.05 Å². The van der Waals surface area contributed by atoms with Crippen molar-refractivity contribution in [2.75, 3.05) is 13.1 Å². The minimum atomic E-state index is -3.51. The minimum absolute atomic E-state index is 0.141. The smallest absolute Gasteiger partial charge is 0.269 e. The second-order valence-electron chi connectivity index (χ2n) is 7.79. The number of hydrogen-bond acceptors (Lipinski definition) is 5. The van der Waals surface area contributed by atoms with Crippen molar-refractivity contribution in [3.8, 4) is 11.3 Å². The van der Waals surface area contributed by atoms with Gasteiger partial charge in [-0.15, -0.1) is 11.3 Å². The number of hydrogen-bond donors (Lipinski definition) is 1. The summed E-state index contributed by atoms with van der Waals surface area (Å²) in [6.07, 6.45) is 3.13. The molecule has 32 heavy (non-hydrogen) atoms. The summed E-state index contributed by atoms with van der Waals surface area (Å²) in [5.74, 6) is -0.614. The number of carbonyl (C=O) groups excluding carboxylic acids is 1. The number of sulfonamides is 1. The Labute approximate surface area is 190 Å². The summed E-state index contributed by atoms with van der Waals surface area (Å²) >= 11 is 1.22. The highest BCUT2D eigenvalue weighted by Gasteiger charge is 2.33. The lowest BCUT2D eigenvalue weighted by molar-refractivity contribution is 0.0940. The molecule has 0 bridgehead atoms. The quantitative estimate of drug-likeness (QED) is 0.564. The number of carbonyl (C=O) groups is 1. The average molecular weight is 477 g/mol. The Hall–Kier alpha value is -2.56. The summed E-state index contributed by atoms with van der Waals surface area (Å²) in [5, 5.41) is 9.00. The first-order valence-electron chi connectivity index (χ1n) is 10.5. The van der Waals surface area contributed by atoms with Gasteiger partial charge in [-0.25, -0.2) is 12.8 Å². The molecule has 3 aromatic rings. The molecule has 0 aliphatic carbocycles. The number of nitrogens with one attached hydrogen (secondary N) is 1. The van der Waals surface area contributed by atoms with Crippen molar-refractivity contribution in [2.45, 2.75) is 35.9 Å². The number of benzene rings is 1. The fourth-order valence-corrected chi connectivity index (χ4v) is 6.83. The van der Waals surface area contributed by atoms with Gasteiger partial charge in [-0.2, -0.15) is 9.40 Å². The fraction of sp³-hybridized carbons (Fsp3) is 0.364. The van der Waals surface area contributed by atoms with Crippen LogP contribution in [0, 0.1) is 5.82 Å². The number of aromatic nitrogens is 2. The van der Waals surface area contributed by atoms with Crippen LogP contribution in [0.5, 0.6) is 0 Å². The molecule has 1 aromatic carbocycles. The number of aryl methyl sites for hydroxylation is 1. The van der Waals surface area contributed by atoms with Crippen LogP contribution >= 0.6 is 11.3 Å². The topological polar surface area (TPSA) is 84.3 Å². The van der Waals surface area contributed by atoms with Gasteiger partial charge < -0.3 is 5.32 Å². The maximum Gasteiger partial charge on any atom is 0.269 e. The van der Waals surface area contributed by atoms with E-state index in [9.17, 15) is 17.6 Å². The lowest BCUT2D eigenvalue weighted by Gasteiger charge is -2.34. The third-order valence-electron chi connectivity index (χ3n) is 5.65. The van der Waals surface area contributed by atoms with Crippen LogP contribution in [0.2, 0.25) is 0 Å². The molecule has 0 saturated carbocycles. The van der Waals surface area contributed by atoms with E-state index < -0.39 is 10.0 Å². The Bertz CT molecular complexity index is 1170. The molecule has 1 aliphatic rings. The summed E-state index contributed by atoms with van der Waals surface area (Å²) in [7, 11) is -1.83. The van der Waals surface area contributed by atoms with Gasteiger partial charge in [-0.05, 0) is 61.0 Å². The van der Waals surface area contributed by atoms with E-state index in [0.29, 0.717) is 35.1 Å². The molecule has 1 amide bonds.